The molecule has 1 N–H and O–H groups in total. The van der Waals surface area contributed by atoms with Crippen LogP contribution in [-0.2, 0) is 0 Å². The zero-order valence-corrected chi connectivity index (χ0v) is 10.9. The van der Waals surface area contributed by atoms with E-state index in [1.807, 2.05) is 0 Å². The molecule has 0 aromatic heterocycles. The van der Waals surface area contributed by atoms with E-state index in [2.05, 4.69) is 6.58 Å². The number of halogens is 1. The maximum atomic E-state index is 13.6. The molecule has 0 saturated carbocycles. The summed E-state index contributed by atoms with van der Waals surface area (Å²) in [5.74, 6) is -0.792. The van der Waals surface area contributed by atoms with Crippen LogP contribution in [0.5, 0.6) is 0 Å². The smallest absolute Gasteiger partial charge is 0.191 e. The van der Waals surface area contributed by atoms with Gasteiger partial charge in [0.2, 0.25) is 0 Å². The summed E-state index contributed by atoms with van der Waals surface area (Å²) in [5, 5.41) is 9.96. The lowest BCUT2D eigenvalue weighted by Crippen LogP contribution is -2.20. The Morgan fingerprint density at radius 2 is 1.70 bits per heavy atom. The number of Topliss-reactive ketones (excluding diaryl/α,β-unsaturated/α-hetero) is 1. The summed E-state index contributed by atoms with van der Waals surface area (Å²) in [5.41, 5.74) is 1.16. The van der Waals surface area contributed by atoms with Gasteiger partial charge in [0.1, 0.15) is 11.9 Å². The molecule has 2 rings (SSSR count). The number of ketones is 1. The third-order valence-electron chi connectivity index (χ3n) is 3.06. The summed E-state index contributed by atoms with van der Waals surface area (Å²) < 4.78 is 13.6. The number of benzene rings is 2. The second kappa shape index (κ2) is 6.26. The fourth-order valence-corrected chi connectivity index (χ4v) is 1.98. The molecule has 3 heteroatoms. The lowest BCUT2D eigenvalue weighted by atomic mass is 9.96. The van der Waals surface area contributed by atoms with E-state index in [0.717, 1.165) is 0 Å². The molecular formula is C17H15FO2. The van der Waals surface area contributed by atoms with E-state index in [0.29, 0.717) is 16.7 Å². The Labute approximate surface area is 117 Å². The lowest BCUT2D eigenvalue weighted by molar-refractivity contribution is 0.0756. The van der Waals surface area contributed by atoms with Crippen molar-refractivity contribution in [2.75, 3.05) is 0 Å². The molecule has 0 aliphatic heterocycles. The third kappa shape index (κ3) is 3.19. The highest BCUT2D eigenvalue weighted by Gasteiger charge is 2.19. The van der Waals surface area contributed by atoms with Crippen molar-refractivity contribution in [3.63, 3.8) is 0 Å². The third-order valence-corrected chi connectivity index (χ3v) is 3.06. The quantitative estimate of drug-likeness (QED) is 0.845. The Balaban J connectivity index is 2.09. The van der Waals surface area contributed by atoms with E-state index in [1.165, 1.54) is 6.07 Å². The Hall–Kier alpha value is -2.26. The van der Waals surface area contributed by atoms with Crippen LogP contribution in [0.4, 0.5) is 4.39 Å². The van der Waals surface area contributed by atoms with E-state index in [-0.39, 0.29) is 12.2 Å². The van der Waals surface area contributed by atoms with Crippen LogP contribution in [0, 0.1) is 5.82 Å². The first-order valence-electron chi connectivity index (χ1n) is 6.29. The normalized spacial score (nSPS) is 11.9. The van der Waals surface area contributed by atoms with Crippen molar-refractivity contribution < 1.29 is 14.3 Å². The van der Waals surface area contributed by atoms with Crippen LogP contribution in [-0.4, -0.2) is 17.0 Å². The van der Waals surface area contributed by atoms with Gasteiger partial charge in [-0.25, -0.2) is 4.39 Å². The summed E-state index contributed by atoms with van der Waals surface area (Å²) in [7, 11) is 0. The number of hydrogen-bond acceptors (Lipinski definition) is 2. The van der Waals surface area contributed by atoms with Gasteiger partial charge in [0, 0.05) is 17.5 Å². The van der Waals surface area contributed by atoms with Crippen molar-refractivity contribution in [1.29, 1.82) is 0 Å². The van der Waals surface area contributed by atoms with Crippen molar-refractivity contribution in [3.8, 4) is 0 Å². The molecule has 0 heterocycles. The first-order valence-corrected chi connectivity index (χ1v) is 6.29. The topological polar surface area (TPSA) is 37.3 Å². The summed E-state index contributed by atoms with van der Waals surface area (Å²) in [6.45, 7) is 3.75. The summed E-state index contributed by atoms with van der Waals surface area (Å²) >= 11 is 0. The Kier molecular flexibility index (Phi) is 4.43. The van der Waals surface area contributed by atoms with Gasteiger partial charge in [-0.15, -0.1) is 0 Å². The molecule has 0 radical (unpaired) electrons. The molecule has 2 nitrogen and oxygen atoms in total. The van der Waals surface area contributed by atoms with Gasteiger partial charge >= 0.3 is 0 Å². The summed E-state index contributed by atoms with van der Waals surface area (Å²) in [4.78, 5) is 12.0. The Morgan fingerprint density at radius 1 is 1.10 bits per heavy atom. The summed E-state index contributed by atoms with van der Waals surface area (Å²) in [6, 6.07) is 14.7. The predicted molar refractivity (Wildman–Crippen MR) is 76.8 cm³/mol. The zero-order valence-electron chi connectivity index (χ0n) is 10.9. The minimum Gasteiger partial charge on any atom is -0.385 e. The van der Waals surface area contributed by atoms with Gasteiger partial charge in [0.15, 0.2) is 5.78 Å². The van der Waals surface area contributed by atoms with E-state index >= 15 is 0 Å². The number of carbonyl (C=O) groups excluding carboxylic acids is 1. The molecule has 0 bridgehead atoms. The monoisotopic (exact) mass is 270 g/mol. The van der Waals surface area contributed by atoms with Crippen LogP contribution in [0.2, 0.25) is 0 Å². The number of carbonyl (C=O) groups is 1. The van der Waals surface area contributed by atoms with Crippen LogP contribution >= 0.6 is 0 Å². The van der Waals surface area contributed by atoms with Crippen molar-refractivity contribution in [2.45, 2.75) is 12.5 Å². The average Bonchev–Trinajstić information content (AvgIpc) is 2.47. The van der Waals surface area contributed by atoms with Gasteiger partial charge < -0.3 is 5.11 Å². The number of aliphatic hydroxyl groups excluding tert-OH is 1. The van der Waals surface area contributed by atoms with Crippen LogP contribution in [0.3, 0.4) is 0 Å². The maximum Gasteiger partial charge on any atom is 0.191 e. The fraction of sp³-hybridized carbons (Fsp3) is 0.118. The second-order valence-corrected chi connectivity index (χ2v) is 4.53. The standard InChI is InChI=1S/C17H15FO2/c1-12(14-9-5-6-10-15(14)18)11-16(19)17(20)13-7-3-2-4-8-13/h2-10,16,19H,1,11H2. The average molecular weight is 270 g/mol. The first-order chi connectivity index (χ1) is 9.59. The highest BCUT2D eigenvalue weighted by atomic mass is 19.1. The molecule has 0 saturated heterocycles. The molecule has 2 aromatic rings. The van der Waals surface area contributed by atoms with Gasteiger partial charge in [-0.3, -0.25) is 4.79 Å². The van der Waals surface area contributed by atoms with Gasteiger partial charge in [-0.2, -0.15) is 0 Å². The van der Waals surface area contributed by atoms with E-state index in [9.17, 15) is 14.3 Å². The number of hydrogen-bond donors (Lipinski definition) is 1. The fourth-order valence-electron chi connectivity index (χ4n) is 1.98. The molecule has 0 fully saturated rings. The zero-order chi connectivity index (χ0) is 14.5. The van der Waals surface area contributed by atoms with Gasteiger partial charge in [-0.1, -0.05) is 55.1 Å². The highest BCUT2D eigenvalue weighted by molar-refractivity contribution is 6.00. The molecule has 0 spiro atoms. The minimum absolute atomic E-state index is 0.00859. The molecule has 20 heavy (non-hydrogen) atoms. The minimum atomic E-state index is -1.22. The molecule has 0 amide bonds. The van der Waals surface area contributed by atoms with Crippen LogP contribution < -0.4 is 0 Å². The number of aliphatic hydroxyl groups is 1. The SMILES string of the molecule is C=C(CC(O)C(=O)c1ccccc1)c1ccccc1F. The van der Waals surface area contributed by atoms with Gasteiger partial charge in [0.05, 0.1) is 0 Å². The van der Waals surface area contributed by atoms with E-state index in [1.54, 1.807) is 48.5 Å². The molecule has 2 aromatic carbocycles. The van der Waals surface area contributed by atoms with E-state index in [4.69, 9.17) is 0 Å². The Bertz CT molecular complexity index is 620. The molecule has 1 atom stereocenters. The second-order valence-electron chi connectivity index (χ2n) is 4.53. The highest BCUT2D eigenvalue weighted by Crippen LogP contribution is 2.22. The van der Waals surface area contributed by atoms with Crippen LogP contribution in [0.15, 0.2) is 61.2 Å². The van der Waals surface area contributed by atoms with E-state index < -0.39 is 11.9 Å². The Morgan fingerprint density at radius 3 is 2.35 bits per heavy atom. The first kappa shape index (κ1) is 14.2. The molecule has 0 aliphatic rings. The molecule has 102 valence electrons. The van der Waals surface area contributed by atoms with Crippen molar-refractivity contribution in [1.82, 2.24) is 0 Å². The van der Waals surface area contributed by atoms with Gasteiger partial charge in [0.25, 0.3) is 0 Å². The molecular weight excluding hydrogens is 255 g/mol. The summed E-state index contributed by atoms with van der Waals surface area (Å²) in [6.07, 6.45) is -1.21. The van der Waals surface area contributed by atoms with Crippen molar-refractivity contribution in [3.05, 3.63) is 78.1 Å². The number of rotatable bonds is 5. The predicted octanol–water partition coefficient (Wildman–Crippen LogP) is 3.47. The van der Waals surface area contributed by atoms with Gasteiger partial charge in [-0.05, 0) is 11.6 Å². The van der Waals surface area contributed by atoms with Crippen LogP contribution in [0.25, 0.3) is 5.57 Å². The van der Waals surface area contributed by atoms with Crippen molar-refractivity contribution in [2.24, 2.45) is 0 Å². The maximum absolute atomic E-state index is 13.6. The molecule has 1 unspecified atom stereocenters. The van der Waals surface area contributed by atoms with Crippen molar-refractivity contribution >= 4 is 11.4 Å². The largest absolute Gasteiger partial charge is 0.385 e. The molecule has 0 aliphatic carbocycles. The lowest BCUT2D eigenvalue weighted by Gasteiger charge is -2.12. The van der Waals surface area contributed by atoms with Crippen LogP contribution in [0.1, 0.15) is 22.3 Å².